The molecule has 1 aliphatic rings. The zero-order valence-corrected chi connectivity index (χ0v) is 21.6. The van der Waals surface area contributed by atoms with Crippen molar-refractivity contribution in [3.05, 3.63) is 95.0 Å². The van der Waals surface area contributed by atoms with Crippen molar-refractivity contribution in [3.63, 3.8) is 0 Å². The SMILES string of the molecule is CC(C)C(=O)N(C)c1cccc(C2CCN(C[C@@H](Oc3cccc(Cl)c3)c3ccccc3)CC2)c1. The molecule has 1 saturated heterocycles. The predicted octanol–water partition coefficient (Wildman–Crippen LogP) is 6.96. The third kappa shape index (κ3) is 6.65. The number of hydrogen-bond donors (Lipinski definition) is 0. The maximum absolute atomic E-state index is 12.4. The maximum Gasteiger partial charge on any atom is 0.229 e. The first-order chi connectivity index (χ1) is 16.9. The molecular formula is C30H35ClN2O2. The van der Waals surface area contributed by atoms with Crippen molar-refractivity contribution in [2.24, 2.45) is 5.92 Å². The number of rotatable bonds is 8. The number of carbonyl (C=O) groups excluding carboxylic acids is 1. The first-order valence-electron chi connectivity index (χ1n) is 12.5. The van der Waals surface area contributed by atoms with Gasteiger partial charge in [-0.15, -0.1) is 0 Å². The van der Waals surface area contributed by atoms with Crippen LogP contribution < -0.4 is 9.64 Å². The zero-order chi connectivity index (χ0) is 24.8. The first-order valence-corrected chi connectivity index (χ1v) is 12.9. The van der Waals surface area contributed by atoms with E-state index in [1.54, 1.807) is 4.90 Å². The number of nitrogens with zero attached hydrogens (tertiary/aromatic N) is 2. The molecule has 1 atom stereocenters. The van der Waals surface area contributed by atoms with E-state index in [0.717, 1.165) is 43.9 Å². The smallest absolute Gasteiger partial charge is 0.229 e. The minimum Gasteiger partial charge on any atom is -0.484 e. The van der Waals surface area contributed by atoms with E-state index >= 15 is 0 Å². The molecule has 4 rings (SSSR count). The molecule has 0 N–H and O–H groups in total. The molecule has 3 aromatic rings. The summed E-state index contributed by atoms with van der Waals surface area (Å²) in [4.78, 5) is 16.7. The number of carbonyl (C=O) groups is 1. The molecule has 1 amide bonds. The molecular weight excluding hydrogens is 456 g/mol. The minimum absolute atomic E-state index is 0.0152. The van der Waals surface area contributed by atoms with Crippen LogP contribution in [0.3, 0.4) is 0 Å². The second-order valence-electron chi connectivity index (χ2n) is 9.70. The summed E-state index contributed by atoms with van der Waals surface area (Å²) in [6.45, 7) is 6.74. The summed E-state index contributed by atoms with van der Waals surface area (Å²) >= 11 is 6.19. The second kappa shape index (κ2) is 11.7. The van der Waals surface area contributed by atoms with Gasteiger partial charge in [0.05, 0.1) is 0 Å². The number of amides is 1. The van der Waals surface area contributed by atoms with E-state index in [2.05, 4.69) is 47.4 Å². The highest BCUT2D eigenvalue weighted by molar-refractivity contribution is 6.30. The van der Waals surface area contributed by atoms with E-state index < -0.39 is 0 Å². The normalized spacial score (nSPS) is 15.7. The van der Waals surface area contributed by atoms with Gasteiger partial charge in [0, 0.05) is 30.2 Å². The van der Waals surface area contributed by atoms with Gasteiger partial charge in [-0.05, 0) is 73.3 Å². The third-order valence-electron chi connectivity index (χ3n) is 6.81. The predicted molar refractivity (Wildman–Crippen MR) is 144 cm³/mol. The number of hydrogen-bond acceptors (Lipinski definition) is 3. The highest BCUT2D eigenvalue weighted by atomic mass is 35.5. The molecule has 0 unspecified atom stereocenters. The van der Waals surface area contributed by atoms with Crippen LogP contribution in [0.2, 0.25) is 5.02 Å². The highest BCUT2D eigenvalue weighted by Crippen LogP contribution is 2.32. The zero-order valence-electron chi connectivity index (χ0n) is 20.9. The molecule has 1 heterocycles. The molecule has 0 radical (unpaired) electrons. The Kier molecular flexibility index (Phi) is 8.48. The van der Waals surface area contributed by atoms with Gasteiger partial charge in [-0.2, -0.15) is 0 Å². The Morgan fingerprint density at radius 1 is 1.00 bits per heavy atom. The average molecular weight is 491 g/mol. The fourth-order valence-corrected chi connectivity index (χ4v) is 4.95. The van der Waals surface area contributed by atoms with Gasteiger partial charge in [0.25, 0.3) is 0 Å². The minimum atomic E-state index is -0.0646. The van der Waals surface area contributed by atoms with Crippen LogP contribution in [0, 0.1) is 5.92 Å². The van der Waals surface area contributed by atoms with Gasteiger partial charge in [-0.1, -0.05) is 74.0 Å². The summed E-state index contributed by atoms with van der Waals surface area (Å²) in [5, 5.41) is 0.679. The first kappa shape index (κ1) is 25.3. The number of piperidine rings is 1. The Balaban J connectivity index is 1.41. The van der Waals surface area contributed by atoms with Gasteiger partial charge >= 0.3 is 0 Å². The van der Waals surface area contributed by atoms with Crippen molar-refractivity contribution in [3.8, 4) is 5.75 Å². The Morgan fingerprint density at radius 3 is 2.40 bits per heavy atom. The van der Waals surface area contributed by atoms with Crippen LogP contribution in [0.25, 0.3) is 0 Å². The number of halogens is 1. The Bertz CT molecular complexity index is 1110. The third-order valence-corrected chi connectivity index (χ3v) is 7.05. The molecule has 1 aliphatic heterocycles. The number of ether oxygens (including phenoxy) is 1. The van der Waals surface area contributed by atoms with Gasteiger partial charge in [0.15, 0.2) is 0 Å². The molecule has 184 valence electrons. The molecule has 0 aromatic heterocycles. The summed E-state index contributed by atoms with van der Waals surface area (Å²) in [7, 11) is 1.87. The lowest BCUT2D eigenvalue weighted by molar-refractivity contribution is -0.121. The van der Waals surface area contributed by atoms with Crippen molar-refractivity contribution in [2.45, 2.75) is 38.7 Å². The Hall–Kier alpha value is -2.82. The van der Waals surface area contributed by atoms with Crippen LogP contribution in [0.4, 0.5) is 5.69 Å². The number of likely N-dealkylation sites (tertiary alicyclic amines) is 1. The molecule has 0 saturated carbocycles. The van der Waals surface area contributed by atoms with Crippen molar-refractivity contribution in [2.75, 3.05) is 31.6 Å². The Labute approximate surface area is 214 Å². The van der Waals surface area contributed by atoms with E-state index in [0.29, 0.717) is 10.9 Å². The topological polar surface area (TPSA) is 32.8 Å². The molecule has 4 nitrogen and oxygen atoms in total. The standard InChI is InChI=1S/C30H35ClN2O2/c1-22(2)30(34)32(3)27-13-7-11-25(19-27)23-15-17-33(18-16-23)21-29(24-9-5-4-6-10-24)35-28-14-8-12-26(31)20-28/h4-14,19-20,22-23,29H,15-18,21H2,1-3H3/t29-/m1/s1. The quantitative estimate of drug-likeness (QED) is 0.342. The van der Waals surface area contributed by atoms with Crippen LogP contribution in [-0.2, 0) is 4.79 Å². The largest absolute Gasteiger partial charge is 0.484 e. The summed E-state index contributed by atoms with van der Waals surface area (Å²) in [5.74, 6) is 1.41. The fourth-order valence-electron chi connectivity index (χ4n) is 4.77. The molecule has 35 heavy (non-hydrogen) atoms. The van der Waals surface area contributed by atoms with Gasteiger partial charge in [0.2, 0.25) is 5.91 Å². The summed E-state index contributed by atoms with van der Waals surface area (Å²) in [5.41, 5.74) is 3.46. The van der Waals surface area contributed by atoms with Gasteiger partial charge in [-0.25, -0.2) is 0 Å². The monoisotopic (exact) mass is 490 g/mol. The van der Waals surface area contributed by atoms with Crippen LogP contribution in [0.1, 0.15) is 49.8 Å². The molecule has 3 aromatic carbocycles. The Morgan fingerprint density at radius 2 is 1.71 bits per heavy atom. The van der Waals surface area contributed by atoms with Crippen molar-refractivity contribution in [1.29, 1.82) is 0 Å². The van der Waals surface area contributed by atoms with E-state index in [1.807, 2.05) is 57.3 Å². The molecule has 0 aliphatic carbocycles. The average Bonchev–Trinajstić information content (AvgIpc) is 2.88. The number of benzene rings is 3. The van der Waals surface area contributed by atoms with Crippen LogP contribution in [0.15, 0.2) is 78.9 Å². The second-order valence-corrected chi connectivity index (χ2v) is 10.1. The van der Waals surface area contributed by atoms with Crippen molar-refractivity contribution < 1.29 is 9.53 Å². The lowest BCUT2D eigenvalue weighted by Gasteiger charge is -2.35. The lowest BCUT2D eigenvalue weighted by atomic mass is 9.89. The maximum atomic E-state index is 12.4. The highest BCUT2D eigenvalue weighted by Gasteiger charge is 2.25. The number of anilines is 1. The molecule has 5 heteroatoms. The summed E-state index contributed by atoms with van der Waals surface area (Å²) < 4.78 is 6.42. The van der Waals surface area contributed by atoms with Crippen molar-refractivity contribution in [1.82, 2.24) is 4.90 Å². The van der Waals surface area contributed by atoms with Gasteiger partial charge < -0.3 is 9.64 Å². The summed E-state index contributed by atoms with van der Waals surface area (Å²) in [6.07, 6.45) is 2.11. The molecule has 0 bridgehead atoms. The fraction of sp³-hybridized carbons (Fsp3) is 0.367. The van der Waals surface area contributed by atoms with Crippen LogP contribution in [0.5, 0.6) is 5.75 Å². The molecule has 0 spiro atoms. The van der Waals surface area contributed by atoms with Crippen LogP contribution >= 0.6 is 11.6 Å². The van der Waals surface area contributed by atoms with E-state index in [1.165, 1.54) is 11.1 Å². The van der Waals surface area contributed by atoms with Gasteiger partial charge in [0.1, 0.15) is 11.9 Å². The summed E-state index contributed by atoms with van der Waals surface area (Å²) in [6, 6.07) is 26.5. The van der Waals surface area contributed by atoms with E-state index in [9.17, 15) is 4.79 Å². The van der Waals surface area contributed by atoms with Crippen molar-refractivity contribution >= 4 is 23.2 Å². The van der Waals surface area contributed by atoms with E-state index in [-0.39, 0.29) is 17.9 Å². The van der Waals surface area contributed by atoms with Gasteiger partial charge in [-0.3, -0.25) is 9.69 Å². The van der Waals surface area contributed by atoms with E-state index in [4.69, 9.17) is 16.3 Å². The van der Waals surface area contributed by atoms with Crippen LogP contribution in [-0.4, -0.2) is 37.5 Å². The lowest BCUT2D eigenvalue weighted by Crippen LogP contribution is -2.37. The molecule has 1 fully saturated rings.